The summed E-state index contributed by atoms with van der Waals surface area (Å²) in [7, 11) is 0. The van der Waals surface area contributed by atoms with E-state index in [0.717, 1.165) is 72.1 Å². The Balaban J connectivity index is 1.31. The fourth-order valence-electron chi connectivity index (χ4n) is 8.02. The first-order chi connectivity index (χ1) is 31.0. The first-order valence-electron chi connectivity index (χ1n) is 19.9. The minimum Gasteiger partial charge on any atom is -0.308 e. The monoisotopic (exact) mass is 803 g/mol. The molecule has 0 radical (unpaired) electrons. The molecule has 290 valence electrons. The molecule has 0 aliphatic carbocycles. The highest BCUT2D eigenvalue weighted by Gasteiger charge is 2.22. The van der Waals surface area contributed by atoms with Gasteiger partial charge in [0.25, 0.3) is 0 Å². The molecule has 0 fully saturated rings. The lowest BCUT2D eigenvalue weighted by molar-refractivity contribution is 1.06. The molecule has 0 aliphatic heterocycles. The Bertz CT molecular complexity index is 3350. The molecule has 9 nitrogen and oxygen atoms in total. The highest BCUT2D eigenvalue weighted by molar-refractivity contribution is 6.11. The third-order valence-electron chi connectivity index (χ3n) is 11.0. The van der Waals surface area contributed by atoms with Gasteiger partial charge in [0, 0.05) is 39.2 Å². The van der Waals surface area contributed by atoms with Gasteiger partial charge in [0.15, 0.2) is 17.5 Å². The summed E-state index contributed by atoms with van der Waals surface area (Å²) in [5.74, 6) is 1.46. The molecule has 0 spiro atoms. The molecule has 0 bridgehead atoms. The van der Waals surface area contributed by atoms with Crippen molar-refractivity contribution in [3.63, 3.8) is 0 Å². The van der Waals surface area contributed by atoms with Gasteiger partial charge < -0.3 is 4.57 Å². The van der Waals surface area contributed by atoms with Gasteiger partial charge in [0.2, 0.25) is 0 Å². The van der Waals surface area contributed by atoms with E-state index in [9.17, 15) is 21.0 Å². The van der Waals surface area contributed by atoms with Crippen molar-refractivity contribution in [3.05, 3.63) is 198 Å². The van der Waals surface area contributed by atoms with Gasteiger partial charge in [-0.25, -0.2) is 15.0 Å². The second kappa shape index (κ2) is 15.9. The first kappa shape index (κ1) is 37.7. The number of pyridine rings is 1. The molecule has 7 aromatic carbocycles. The van der Waals surface area contributed by atoms with Crippen LogP contribution in [0.25, 0.3) is 95.2 Å². The van der Waals surface area contributed by atoms with Crippen LogP contribution in [0.15, 0.2) is 176 Å². The van der Waals surface area contributed by atoms with E-state index >= 15 is 0 Å². The standard InChI is InChI=1S/C54H29N9/c55-30-34-21-35(31-56)24-43(23-34)40-14-17-45-46-18-15-41(44-25-36(32-57)22-37(26-44)33-58)29-51(46)63(50(45)28-40)49-19-16-42(48-13-7-8-20-59-48)27-47(49)54-61-52(38-9-3-1-4-10-38)60-53(62-54)39-11-5-2-6-12-39/h1-29H. The van der Waals surface area contributed by atoms with Gasteiger partial charge in [-0.05, 0) is 95.1 Å². The fraction of sp³-hybridized carbons (Fsp3) is 0. The zero-order chi connectivity index (χ0) is 42.9. The summed E-state index contributed by atoms with van der Waals surface area (Å²) in [6.45, 7) is 0. The molecule has 0 unspecified atom stereocenters. The van der Waals surface area contributed by atoms with Crippen molar-refractivity contribution in [1.29, 1.82) is 21.0 Å². The molecule has 63 heavy (non-hydrogen) atoms. The van der Waals surface area contributed by atoms with Crippen LogP contribution in [-0.2, 0) is 0 Å². The maximum absolute atomic E-state index is 9.88. The number of nitriles is 4. The smallest absolute Gasteiger partial charge is 0.166 e. The highest BCUT2D eigenvalue weighted by Crippen LogP contribution is 2.41. The molecule has 3 heterocycles. The summed E-state index contributed by atoms with van der Waals surface area (Å²) in [6.07, 6.45) is 1.76. The summed E-state index contributed by atoms with van der Waals surface area (Å²) in [5, 5.41) is 41.4. The quantitative estimate of drug-likeness (QED) is 0.154. The Morgan fingerprint density at radius 2 is 0.825 bits per heavy atom. The van der Waals surface area contributed by atoms with Crippen LogP contribution in [-0.4, -0.2) is 24.5 Å². The summed E-state index contributed by atoms with van der Waals surface area (Å²) in [5.41, 5.74) is 11.1. The number of rotatable bonds is 7. The SMILES string of the molecule is N#Cc1cc(C#N)cc(-c2ccc3c4ccc(-c5cc(C#N)cc(C#N)c5)cc4n(-c4ccc(-c5ccccn5)cc4-c4nc(-c5ccccc5)nc(-c5ccccc5)n4)c3c2)c1. The van der Waals surface area contributed by atoms with Crippen molar-refractivity contribution >= 4 is 21.8 Å². The number of fused-ring (bicyclic) bond motifs is 3. The molecule has 0 saturated carbocycles. The van der Waals surface area contributed by atoms with Gasteiger partial charge in [0.05, 0.1) is 68.9 Å². The van der Waals surface area contributed by atoms with Crippen LogP contribution in [0.3, 0.4) is 0 Å². The van der Waals surface area contributed by atoms with Gasteiger partial charge in [-0.15, -0.1) is 0 Å². The molecule has 3 aromatic heterocycles. The number of hydrogen-bond acceptors (Lipinski definition) is 8. The lowest BCUT2D eigenvalue weighted by Crippen LogP contribution is -2.04. The zero-order valence-electron chi connectivity index (χ0n) is 33.3. The van der Waals surface area contributed by atoms with E-state index in [-0.39, 0.29) is 0 Å². The van der Waals surface area contributed by atoms with Crippen molar-refractivity contribution in [2.75, 3.05) is 0 Å². The van der Waals surface area contributed by atoms with E-state index in [1.807, 2.05) is 97.1 Å². The second-order valence-corrected chi connectivity index (χ2v) is 14.8. The Morgan fingerprint density at radius 3 is 1.29 bits per heavy atom. The van der Waals surface area contributed by atoms with Gasteiger partial charge in [-0.2, -0.15) is 21.0 Å². The molecular formula is C54H29N9. The van der Waals surface area contributed by atoms with Gasteiger partial charge in [-0.1, -0.05) is 97.1 Å². The van der Waals surface area contributed by atoms with Crippen molar-refractivity contribution in [2.24, 2.45) is 0 Å². The van der Waals surface area contributed by atoms with Crippen LogP contribution in [0.5, 0.6) is 0 Å². The predicted octanol–water partition coefficient (Wildman–Crippen LogP) is 11.9. The maximum Gasteiger partial charge on any atom is 0.166 e. The Morgan fingerprint density at radius 1 is 0.365 bits per heavy atom. The third-order valence-corrected chi connectivity index (χ3v) is 11.0. The van der Waals surface area contributed by atoms with Crippen LogP contribution in [0.1, 0.15) is 22.3 Å². The van der Waals surface area contributed by atoms with Crippen molar-refractivity contribution in [2.45, 2.75) is 0 Å². The number of benzene rings is 7. The summed E-state index contributed by atoms with van der Waals surface area (Å²) < 4.78 is 2.18. The minimum atomic E-state index is 0.386. The minimum absolute atomic E-state index is 0.386. The predicted molar refractivity (Wildman–Crippen MR) is 243 cm³/mol. The molecule has 0 saturated heterocycles. The average molecular weight is 804 g/mol. The third kappa shape index (κ3) is 7.07. The number of nitrogens with zero attached hydrogens (tertiary/aromatic N) is 9. The maximum atomic E-state index is 9.88. The normalized spacial score (nSPS) is 10.8. The molecule has 10 aromatic rings. The van der Waals surface area contributed by atoms with Crippen LogP contribution in [0, 0.1) is 45.3 Å². The van der Waals surface area contributed by atoms with Crippen molar-refractivity contribution < 1.29 is 0 Å². The molecular weight excluding hydrogens is 775 g/mol. The highest BCUT2D eigenvalue weighted by atomic mass is 15.1. The molecule has 0 N–H and O–H groups in total. The van der Waals surface area contributed by atoms with Crippen LogP contribution in [0.2, 0.25) is 0 Å². The van der Waals surface area contributed by atoms with E-state index in [2.05, 4.69) is 65.2 Å². The lowest BCUT2D eigenvalue weighted by Gasteiger charge is -2.17. The molecule has 0 atom stereocenters. The van der Waals surface area contributed by atoms with Gasteiger partial charge in [-0.3, -0.25) is 4.98 Å². The molecule has 10 rings (SSSR count). The van der Waals surface area contributed by atoms with Gasteiger partial charge in [0.1, 0.15) is 0 Å². The summed E-state index contributed by atoms with van der Waals surface area (Å²) >= 11 is 0. The van der Waals surface area contributed by atoms with E-state index < -0.39 is 0 Å². The number of aromatic nitrogens is 5. The largest absolute Gasteiger partial charge is 0.308 e. The zero-order valence-corrected chi connectivity index (χ0v) is 33.3. The summed E-state index contributed by atoms with van der Waals surface area (Å²) in [6, 6.07) is 63.0. The average Bonchev–Trinajstić information content (AvgIpc) is 3.69. The fourth-order valence-corrected chi connectivity index (χ4v) is 8.02. The van der Waals surface area contributed by atoms with E-state index in [4.69, 9.17) is 19.9 Å². The molecule has 0 aliphatic rings. The Labute approximate surface area is 362 Å². The van der Waals surface area contributed by atoms with E-state index in [0.29, 0.717) is 45.3 Å². The van der Waals surface area contributed by atoms with E-state index in [1.165, 1.54) is 0 Å². The van der Waals surface area contributed by atoms with E-state index in [1.54, 1.807) is 42.6 Å². The van der Waals surface area contributed by atoms with Crippen molar-refractivity contribution in [3.8, 4) is 97.6 Å². The van der Waals surface area contributed by atoms with Crippen molar-refractivity contribution in [1.82, 2.24) is 24.5 Å². The Hall–Kier alpha value is -9.54. The first-order valence-corrected chi connectivity index (χ1v) is 19.9. The van der Waals surface area contributed by atoms with Crippen LogP contribution in [0.4, 0.5) is 0 Å². The molecule has 9 heteroatoms. The topological polar surface area (TPSA) is 152 Å². The lowest BCUT2D eigenvalue weighted by atomic mass is 9.98. The second-order valence-electron chi connectivity index (χ2n) is 14.8. The van der Waals surface area contributed by atoms with Crippen LogP contribution < -0.4 is 0 Å². The number of hydrogen-bond donors (Lipinski definition) is 0. The Kier molecular flexibility index (Phi) is 9.52. The summed E-state index contributed by atoms with van der Waals surface area (Å²) in [4.78, 5) is 20.1. The molecule has 0 amide bonds. The van der Waals surface area contributed by atoms with Crippen LogP contribution >= 0.6 is 0 Å². The van der Waals surface area contributed by atoms with Gasteiger partial charge >= 0.3 is 0 Å².